The van der Waals surface area contributed by atoms with Crippen LogP contribution in [0.3, 0.4) is 0 Å². The molecule has 0 bridgehead atoms. The predicted octanol–water partition coefficient (Wildman–Crippen LogP) is 1.79. The van der Waals surface area contributed by atoms with Crippen molar-refractivity contribution in [2.24, 2.45) is 5.14 Å². The lowest BCUT2D eigenvalue weighted by molar-refractivity contribution is 0.393. The summed E-state index contributed by atoms with van der Waals surface area (Å²) in [6.45, 7) is 2.41. The van der Waals surface area contributed by atoms with Crippen molar-refractivity contribution in [2.75, 3.05) is 7.11 Å². The molecule has 1 heterocycles. The smallest absolute Gasteiger partial charge is 0.271 e. The molecule has 0 saturated heterocycles. The van der Waals surface area contributed by atoms with Gasteiger partial charge in [-0.3, -0.25) is 0 Å². The molecule has 114 valence electrons. The predicted molar refractivity (Wildman–Crippen MR) is 78.3 cm³/mol. The van der Waals surface area contributed by atoms with Crippen LogP contribution in [0.1, 0.15) is 24.3 Å². The van der Waals surface area contributed by atoms with Crippen molar-refractivity contribution >= 4 is 10.0 Å². The Morgan fingerprint density at radius 1 is 1.24 bits per heavy atom. The highest BCUT2D eigenvalue weighted by Crippen LogP contribution is 2.18. The second-order valence-electron chi connectivity index (χ2n) is 4.64. The average Bonchev–Trinajstić information content (AvgIpc) is 2.94. The second kappa shape index (κ2) is 6.30. The van der Waals surface area contributed by atoms with Crippen LogP contribution in [-0.2, 0) is 16.6 Å². The van der Waals surface area contributed by atoms with Gasteiger partial charge in [0.1, 0.15) is 11.5 Å². The first-order valence-electron chi connectivity index (χ1n) is 6.39. The van der Waals surface area contributed by atoms with Gasteiger partial charge in [0.25, 0.3) is 10.0 Å². The van der Waals surface area contributed by atoms with Gasteiger partial charge in [-0.15, -0.1) is 0 Å². The number of primary sulfonamides is 1. The van der Waals surface area contributed by atoms with Crippen LogP contribution in [0, 0.1) is 0 Å². The Hall–Kier alpha value is -1.83. The molecule has 3 N–H and O–H groups in total. The van der Waals surface area contributed by atoms with Crippen molar-refractivity contribution in [3.8, 4) is 5.75 Å². The summed E-state index contributed by atoms with van der Waals surface area (Å²) in [7, 11) is -2.17. The normalized spacial score (nSPS) is 13.1. The van der Waals surface area contributed by atoms with Gasteiger partial charge in [0.2, 0.25) is 5.09 Å². The minimum atomic E-state index is -3.79. The van der Waals surface area contributed by atoms with Crippen LogP contribution >= 0.6 is 0 Å². The Morgan fingerprint density at radius 2 is 1.90 bits per heavy atom. The van der Waals surface area contributed by atoms with Crippen molar-refractivity contribution in [3.05, 3.63) is 47.7 Å². The van der Waals surface area contributed by atoms with Gasteiger partial charge >= 0.3 is 0 Å². The highest BCUT2D eigenvalue weighted by Gasteiger charge is 2.13. The van der Waals surface area contributed by atoms with E-state index in [1.807, 2.05) is 31.2 Å². The summed E-state index contributed by atoms with van der Waals surface area (Å²) >= 11 is 0. The van der Waals surface area contributed by atoms with E-state index >= 15 is 0 Å². The quantitative estimate of drug-likeness (QED) is 0.848. The number of rotatable bonds is 6. The zero-order valence-electron chi connectivity index (χ0n) is 11.9. The van der Waals surface area contributed by atoms with E-state index in [0.717, 1.165) is 11.3 Å². The summed E-state index contributed by atoms with van der Waals surface area (Å²) in [5.74, 6) is 1.31. The molecule has 0 radical (unpaired) electrons. The molecule has 1 aromatic heterocycles. The maximum atomic E-state index is 11.1. The number of nitrogens with two attached hydrogens (primary N) is 1. The van der Waals surface area contributed by atoms with Crippen molar-refractivity contribution in [2.45, 2.75) is 24.6 Å². The minimum Gasteiger partial charge on any atom is -0.497 e. The zero-order chi connectivity index (χ0) is 15.5. The highest BCUT2D eigenvalue weighted by molar-refractivity contribution is 7.89. The average molecular weight is 310 g/mol. The Balaban J connectivity index is 1.97. The first-order chi connectivity index (χ1) is 9.90. The fourth-order valence-electron chi connectivity index (χ4n) is 1.87. The largest absolute Gasteiger partial charge is 0.497 e. The molecule has 0 aliphatic rings. The molecule has 1 atom stereocenters. The summed E-state index contributed by atoms with van der Waals surface area (Å²) in [6, 6.07) is 10.7. The SMILES string of the molecule is COc1ccc([C@@H](C)NCc2ccc(S(N)(=O)=O)o2)cc1. The van der Waals surface area contributed by atoms with Crippen LogP contribution in [-0.4, -0.2) is 15.5 Å². The Kier molecular flexibility index (Phi) is 4.66. The van der Waals surface area contributed by atoms with E-state index in [-0.39, 0.29) is 11.1 Å². The van der Waals surface area contributed by atoms with E-state index in [1.165, 1.54) is 6.07 Å². The molecule has 0 amide bonds. The third kappa shape index (κ3) is 4.07. The molecule has 7 heteroatoms. The minimum absolute atomic E-state index is 0.0824. The van der Waals surface area contributed by atoms with Crippen LogP contribution in [0.5, 0.6) is 5.75 Å². The second-order valence-corrected chi connectivity index (χ2v) is 6.13. The number of furan rings is 1. The number of hydrogen-bond donors (Lipinski definition) is 2. The summed E-state index contributed by atoms with van der Waals surface area (Å²) in [5.41, 5.74) is 1.09. The zero-order valence-corrected chi connectivity index (χ0v) is 12.7. The molecule has 0 aliphatic carbocycles. The van der Waals surface area contributed by atoms with Crippen LogP contribution in [0.2, 0.25) is 0 Å². The lowest BCUT2D eigenvalue weighted by Crippen LogP contribution is -2.17. The van der Waals surface area contributed by atoms with Gasteiger partial charge in [0, 0.05) is 6.04 Å². The third-order valence-electron chi connectivity index (χ3n) is 3.12. The van der Waals surface area contributed by atoms with E-state index in [2.05, 4.69) is 5.32 Å². The van der Waals surface area contributed by atoms with Gasteiger partial charge in [-0.2, -0.15) is 0 Å². The number of methoxy groups -OCH3 is 1. The molecule has 6 nitrogen and oxygen atoms in total. The maximum Gasteiger partial charge on any atom is 0.271 e. The molecule has 2 rings (SSSR count). The Labute approximate surface area is 124 Å². The molecule has 2 aromatic rings. The fourth-order valence-corrected chi connectivity index (χ4v) is 2.35. The van der Waals surface area contributed by atoms with Crippen molar-refractivity contribution in [1.29, 1.82) is 0 Å². The van der Waals surface area contributed by atoms with Gasteiger partial charge in [0.05, 0.1) is 13.7 Å². The van der Waals surface area contributed by atoms with Crippen LogP contribution in [0.4, 0.5) is 0 Å². The number of ether oxygens (including phenoxy) is 1. The first-order valence-corrected chi connectivity index (χ1v) is 7.93. The van der Waals surface area contributed by atoms with Gasteiger partial charge in [-0.05, 0) is 36.8 Å². The Morgan fingerprint density at radius 3 is 2.43 bits per heavy atom. The van der Waals surface area contributed by atoms with Gasteiger partial charge in [0.15, 0.2) is 0 Å². The molecular weight excluding hydrogens is 292 g/mol. The van der Waals surface area contributed by atoms with Crippen LogP contribution in [0.25, 0.3) is 0 Å². The van der Waals surface area contributed by atoms with Gasteiger partial charge in [-0.1, -0.05) is 12.1 Å². The number of sulfonamides is 1. The number of hydrogen-bond acceptors (Lipinski definition) is 5. The molecule has 0 saturated carbocycles. The lowest BCUT2D eigenvalue weighted by Gasteiger charge is -2.13. The van der Waals surface area contributed by atoms with Crippen molar-refractivity contribution < 1.29 is 17.6 Å². The molecule has 0 aliphatic heterocycles. The summed E-state index contributed by atoms with van der Waals surface area (Å²) in [5, 5.41) is 8.01. The molecule has 0 unspecified atom stereocenters. The Bertz CT molecular complexity index is 692. The maximum absolute atomic E-state index is 11.1. The standard InChI is InChI=1S/C14H18N2O4S/c1-10(11-3-5-12(19-2)6-4-11)16-9-13-7-8-14(20-13)21(15,17)18/h3-8,10,16H,9H2,1-2H3,(H2,15,17,18)/t10-/m1/s1. The van der Waals surface area contributed by atoms with E-state index < -0.39 is 10.0 Å². The lowest BCUT2D eigenvalue weighted by atomic mass is 10.1. The highest BCUT2D eigenvalue weighted by atomic mass is 32.2. The third-order valence-corrected chi connectivity index (χ3v) is 3.90. The van der Waals surface area contributed by atoms with Gasteiger partial charge in [-0.25, -0.2) is 13.6 Å². The summed E-state index contributed by atoms with van der Waals surface area (Å²) in [6.07, 6.45) is 0. The molecule has 1 aromatic carbocycles. The van der Waals surface area contributed by atoms with E-state index in [1.54, 1.807) is 13.2 Å². The van der Waals surface area contributed by atoms with Crippen LogP contribution < -0.4 is 15.2 Å². The molecule has 0 fully saturated rings. The van der Waals surface area contributed by atoms with E-state index in [4.69, 9.17) is 14.3 Å². The molecule has 21 heavy (non-hydrogen) atoms. The van der Waals surface area contributed by atoms with E-state index in [9.17, 15) is 8.42 Å². The topological polar surface area (TPSA) is 94.6 Å². The summed E-state index contributed by atoms with van der Waals surface area (Å²) in [4.78, 5) is 0. The number of nitrogens with one attached hydrogen (secondary N) is 1. The monoisotopic (exact) mass is 310 g/mol. The first kappa shape index (κ1) is 15.6. The van der Waals surface area contributed by atoms with Crippen LogP contribution in [0.15, 0.2) is 45.9 Å². The van der Waals surface area contributed by atoms with Gasteiger partial charge < -0.3 is 14.5 Å². The van der Waals surface area contributed by atoms with E-state index in [0.29, 0.717) is 12.3 Å². The fraction of sp³-hybridized carbons (Fsp3) is 0.286. The van der Waals surface area contributed by atoms with Crippen molar-refractivity contribution in [1.82, 2.24) is 5.32 Å². The summed E-state index contributed by atoms with van der Waals surface area (Å²) < 4.78 is 32.5. The van der Waals surface area contributed by atoms with Crippen molar-refractivity contribution in [3.63, 3.8) is 0 Å². The molecule has 0 spiro atoms. The molecular formula is C14H18N2O4S. The number of benzene rings is 1.